The molecule has 1 atom stereocenters. The number of hydrogen-bond donors (Lipinski definition) is 1. The molecule has 1 aromatic carbocycles. The van der Waals surface area contributed by atoms with E-state index in [0.29, 0.717) is 34.7 Å². The van der Waals surface area contributed by atoms with Crippen LogP contribution in [0.25, 0.3) is 0 Å². The predicted octanol–water partition coefficient (Wildman–Crippen LogP) is 3.75. The van der Waals surface area contributed by atoms with Crippen LogP contribution >= 0.6 is 23.2 Å². The maximum Gasteiger partial charge on any atom is 0.224 e. The molecule has 1 aromatic rings. The summed E-state index contributed by atoms with van der Waals surface area (Å²) in [5.41, 5.74) is 0.672. The van der Waals surface area contributed by atoms with Crippen LogP contribution < -0.4 is 5.32 Å². The minimum absolute atomic E-state index is 0.0103. The van der Waals surface area contributed by atoms with Gasteiger partial charge in [-0.25, -0.2) is 0 Å². The van der Waals surface area contributed by atoms with Gasteiger partial charge in [0.25, 0.3) is 0 Å². The molecule has 0 aliphatic carbocycles. The molecule has 0 radical (unpaired) electrons. The van der Waals surface area contributed by atoms with E-state index in [-0.39, 0.29) is 5.91 Å². The molecule has 2 rings (SSSR count). The van der Waals surface area contributed by atoms with Crippen LogP contribution in [0.5, 0.6) is 0 Å². The maximum atomic E-state index is 11.8. The highest BCUT2D eigenvalue weighted by atomic mass is 35.5. The van der Waals surface area contributed by atoms with E-state index >= 15 is 0 Å². The van der Waals surface area contributed by atoms with E-state index in [0.717, 1.165) is 19.4 Å². The minimum atomic E-state index is -0.0103. The van der Waals surface area contributed by atoms with E-state index in [2.05, 4.69) is 5.32 Å². The highest BCUT2D eigenvalue weighted by Gasteiger charge is 2.17. The van der Waals surface area contributed by atoms with Crippen molar-refractivity contribution >= 4 is 34.8 Å². The van der Waals surface area contributed by atoms with Crippen LogP contribution in [0, 0.1) is 5.92 Å². The first kappa shape index (κ1) is 13.7. The number of halogens is 2. The zero-order valence-electron chi connectivity index (χ0n) is 9.92. The summed E-state index contributed by atoms with van der Waals surface area (Å²) in [5, 5.41) is 3.74. The molecular weight excluding hydrogens is 273 g/mol. The van der Waals surface area contributed by atoms with E-state index in [1.54, 1.807) is 18.2 Å². The van der Waals surface area contributed by atoms with Crippen molar-refractivity contribution in [1.29, 1.82) is 0 Å². The molecule has 1 aliphatic heterocycles. The Labute approximate surface area is 116 Å². The molecule has 1 N–H and O–H groups in total. The van der Waals surface area contributed by atoms with Crippen molar-refractivity contribution in [3.8, 4) is 0 Å². The van der Waals surface area contributed by atoms with Gasteiger partial charge in [-0.2, -0.15) is 0 Å². The van der Waals surface area contributed by atoms with Crippen LogP contribution in [0.1, 0.15) is 19.3 Å². The van der Waals surface area contributed by atoms with E-state index in [9.17, 15) is 4.79 Å². The lowest BCUT2D eigenvalue weighted by Gasteiger charge is -2.21. The monoisotopic (exact) mass is 287 g/mol. The summed E-state index contributed by atoms with van der Waals surface area (Å²) < 4.78 is 5.35. The number of amides is 1. The lowest BCUT2D eigenvalue weighted by atomic mass is 9.98. The van der Waals surface area contributed by atoms with Crippen molar-refractivity contribution in [2.45, 2.75) is 19.3 Å². The Bertz CT molecular complexity index is 431. The summed E-state index contributed by atoms with van der Waals surface area (Å²) >= 11 is 11.7. The van der Waals surface area contributed by atoms with Gasteiger partial charge >= 0.3 is 0 Å². The van der Waals surface area contributed by atoms with E-state index in [4.69, 9.17) is 27.9 Å². The summed E-state index contributed by atoms with van der Waals surface area (Å²) in [6, 6.07) is 5.06. The van der Waals surface area contributed by atoms with Crippen LogP contribution in [0.2, 0.25) is 10.0 Å². The van der Waals surface area contributed by atoms with Crippen LogP contribution in [0.4, 0.5) is 5.69 Å². The first-order valence-electron chi connectivity index (χ1n) is 5.98. The molecule has 3 nitrogen and oxygen atoms in total. The Balaban J connectivity index is 1.88. The Morgan fingerprint density at radius 1 is 1.39 bits per heavy atom. The molecule has 18 heavy (non-hydrogen) atoms. The van der Waals surface area contributed by atoms with E-state index in [1.165, 1.54) is 0 Å². The molecule has 0 saturated carbocycles. The largest absolute Gasteiger partial charge is 0.381 e. The number of benzene rings is 1. The van der Waals surface area contributed by atoms with Gasteiger partial charge in [-0.1, -0.05) is 23.2 Å². The van der Waals surface area contributed by atoms with Gasteiger partial charge in [0.2, 0.25) is 5.91 Å². The van der Waals surface area contributed by atoms with Gasteiger partial charge in [0.05, 0.1) is 10.0 Å². The van der Waals surface area contributed by atoms with Crippen LogP contribution in [-0.2, 0) is 9.53 Å². The average Bonchev–Trinajstić information content (AvgIpc) is 2.35. The van der Waals surface area contributed by atoms with Crippen molar-refractivity contribution in [3.05, 3.63) is 28.2 Å². The first-order valence-corrected chi connectivity index (χ1v) is 6.73. The molecule has 5 heteroatoms. The number of anilines is 1. The van der Waals surface area contributed by atoms with Crippen molar-refractivity contribution < 1.29 is 9.53 Å². The SMILES string of the molecule is O=C(CC1CCCOC1)Nc1ccc(Cl)c(Cl)c1. The number of ether oxygens (including phenoxy) is 1. The van der Waals surface area contributed by atoms with Gasteiger partial charge in [0.15, 0.2) is 0 Å². The van der Waals surface area contributed by atoms with E-state index in [1.807, 2.05) is 0 Å². The van der Waals surface area contributed by atoms with Crippen LogP contribution in [0.3, 0.4) is 0 Å². The molecular formula is C13H15Cl2NO2. The molecule has 0 aromatic heterocycles. The summed E-state index contributed by atoms with van der Waals surface area (Å²) in [5.74, 6) is 0.311. The number of nitrogens with one attached hydrogen (secondary N) is 1. The van der Waals surface area contributed by atoms with Gasteiger partial charge in [0.1, 0.15) is 0 Å². The lowest BCUT2D eigenvalue weighted by molar-refractivity contribution is -0.118. The summed E-state index contributed by atoms with van der Waals surface area (Å²) in [6.07, 6.45) is 2.57. The molecule has 1 unspecified atom stereocenters. The van der Waals surface area contributed by atoms with Gasteiger partial charge < -0.3 is 10.1 Å². The fourth-order valence-electron chi connectivity index (χ4n) is 2.02. The topological polar surface area (TPSA) is 38.3 Å². The average molecular weight is 288 g/mol. The lowest BCUT2D eigenvalue weighted by Crippen LogP contribution is -2.23. The predicted molar refractivity (Wildman–Crippen MR) is 73.3 cm³/mol. The van der Waals surface area contributed by atoms with Crippen molar-refractivity contribution in [2.75, 3.05) is 18.5 Å². The Morgan fingerprint density at radius 2 is 2.22 bits per heavy atom. The second-order valence-corrected chi connectivity index (χ2v) is 5.28. The Kier molecular flexibility index (Phi) is 4.87. The number of hydrogen-bond acceptors (Lipinski definition) is 2. The van der Waals surface area contributed by atoms with Gasteiger partial charge in [-0.3, -0.25) is 4.79 Å². The zero-order valence-corrected chi connectivity index (χ0v) is 11.4. The summed E-state index contributed by atoms with van der Waals surface area (Å²) in [6.45, 7) is 1.49. The third-order valence-corrected chi connectivity index (χ3v) is 3.67. The standard InChI is InChI=1S/C13H15Cl2NO2/c14-11-4-3-10(7-12(11)15)16-13(17)6-9-2-1-5-18-8-9/h3-4,7,9H,1-2,5-6,8H2,(H,16,17). The van der Waals surface area contributed by atoms with Crippen LogP contribution in [0.15, 0.2) is 18.2 Å². The summed E-state index contributed by atoms with van der Waals surface area (Å²) in [4.78, 5) is 11.8. The minimum Gasteiger partial charge on any atom is -0.381 e. The molecule has 1 saturated heterocycles. The maximum absolute atomic E-state index is 11.8. The number of rotatable bonds is 3. The molecule has 1 fully saturated rings. The number of carbonyl (C=O) groups excluding carboxylic acids is 1. The quantitative estimate of drug-likeness (QED) is 0.920. The van der Waals surface area contributed by atoms with Gasteiger partial charge in [0, 0.05) is 25.3 Å². The zero-order chi connectivity index (χ0) is 13.0. The van der Waals surface area contributed by atoms with Crippen molar-refractivity contribution in [2.24, 2.45) is 5.92 Å². The fourth-order valence-corrected chi connectivity index (χ4v) is 2.31. The highest BCUT2D eigenvalue weighted by Crippen LogP contribution is 2.25. The normalized spacial score (nSPS) is 19.6. The summed E-state index contributed by atoms with van der Waals surface area (Å²) in [7, 11) is 0. The molecule has 1 aliphatic rings. The second kappa shape index (κ2) is 6.41. The van der Waals surface area contributed by atoms with E-state index < -0.39 is 0 Å². The smallest absolute Gasteiger partial charge is 0.224 e. The fraction of sp³-hybridized carbons (Fsp3) is 0.462. The molecule has 1 heterocycles. The third kappa shape index (κ3) is 3.87. The Hall–Kier alpha value is -0.770. The molecule has 1 amide bonds. The van der Waals surface area contributed by atoms with Gasteiger partial charge in [-0.05, 0) is 37.0 Å². The van der Waals surface area contributed by atoms with Crippen LogP contribution in [-0.4, -0.2) is 19.1 Å². The second-order valence-electron chi connectivity index (χ2n) is 4.46. The molecule has 0 spiro atoms. The number of carbonyl (C=O) groups is 1. The molecule has 0 bridgehead atoms. The van der Waals surface area contributed by atoms with Gasteiger partial charge in [-0.15, -0.1) is 0 Å². The third-order valence-electron chi connectivity index (χ3n) is 2.93. The highest BCUT2D eigenvalue weighted by molar-refractivity contribution is 6.42. The van der Waals surface area contributed by atoms with Crippen molar-refractivity contribution in [1.82, 2.24) is 0 Å². The first-order chi connectivity index (χ1) is 8.65. The molecule has 98 valence electrons. The Morgan fingerprint density at radius 3 is 2.89 bits per heavy atom. The van der Waals surface area contributed by atoms with Crippen molar-refractivity contribution in [3.63, 3.8) is 0 Å².